The topological polar surface area (TPSA) is 66.6 Å². The lowest BCUT2D eigenvalue weighted by Gasteiger charge is -2.16. The summed E-state index contributed by atoms with van der Waals surface area (Å²) >= 11 is 0. The average molecular weight is 261 g/mol. The van der Waals surface area contributed by atoms with Crippen molar-refractivity contribution >= 4 is 17.5 Å². The predicted octanol–water partition coefficient (Wildman–Crippen LogP) is 1.48. The monoisotopic (exact) mass is 261 g/mol. The Morgan fingerprint density at radius 1 is 1.37 bits per heavy atom. The number of ketones is 1. The fourth-order valence-electron chi connectivity index (χ4n) is 2.33. The van der Waals surface area contributed by atoms with Crippen molar-refractivity contribution in [3.63, 3.8) is 0 Å². The van der Waals surface area contributed by atoms with Crippen LogP contribution in [0.5, 0.6) is 0 Å². The number of carbonyl (C=O) groups is 2. The number of amides is 2. The number of likely N-dealkylation sites (N-methyl/N-ethyl adjacent to an activating group) is 1. The molecule has 102 valence electrons. The SMILES string of the molecule is CC(=O)c1ccc(N2CC(CCN)N(C)C2=O)cc1. The van der Waals surface area contributed by atoms with E-state index < -0.39 is 0 Å². The van der Waals surface area contributed by atoms with E-state index in [1.54, 1.807) is 29.0 Å². The van der Waals surface area contributed by atoms with Gasteiger partial charge >= 0.3 is 6.03 Å². The zero-order valence-corrected chi connectivity index (χ0v) is 11.3. The van der Waals surface area contributed by atoms with Crippen molar-refractivity contribution in [3.8, 4) is 0 Å². The van der Waals surface area contributed by atoms with Gasteiger partial charge in [-0.2, -0.15) is 0 Å². The number of hydrogen-bond donors (Lipinski definition) is 1. The summed E-state index contributed by atoms with van der Waals surface area (Å²) in [5.41, 5.74) is 7.03. The number of Topliss-reactive ketones (excluding diaryl/α,β-unsaturated/α-hetero) is 1. The lowest BCUT2D eigenvalue weighted by molar-refractivity contribution is 0.101. The first kappa shape index (κ1) is 13.5. The fraction of sp³-hybridized carbons (Fsp3) is 0.429. The van der Waals surface area contributed by atoms with Crippen molar-refractivity contribution in [1.82, 2.24) is 4.90 Å². The molecule has 0 spiro atoms. The van der Waals surface area contributed by atoms with E-state index in [1.165, 1.54) is 6.92 Å². The Balaban J connectivity index is 2.18. The van der Waals surface area contributed by atoms with Gasteiger partial charge in [0.25, 0.3) is 0 Å². The van der Waals surface area contributed by atoms with Gasteiger partial charge in [0.15, 0.2) is 5.78 Å². The van der Waals surface area contributed by atoms with Gasteiger partial charge in [0.1, 0.15) is 0 Å². The van der Waals surface area contributed by atoms with Gasteiger partial charge in [0.2, 0.25) is 0 Å². The maximum atomic E-state index is 12.2. The maximum absolute atomic E-state index is 12.2. The molecule has 0 aromatic heterocycles. The average Bonchev–Trinajstić information content (AvgIpc) is 2.68. The molecular formula is C14H19N3O2. The zero-order chi connectivity index (χ0) is 14.0. The minimum absolute atomic E-state index is 0.0194. The third kappa shape index (κ3) is 2.61. The molecule has 0 bridgehead atoms. The Labute approximate surface area is 113 Å². The molecule has 1 fully saturated rings. The number of urea groups is 1. The highest BCUT2D eigenvalue weighted by Crippen LogP contribution is 2.24. The molecule has 1 aromatic rings. The molecule has 5 heteroatoms. The minimum Gasteiger partial charge on any atom is -0.330 e. The van der Waals surface area contributed by atoms with Crippen molar-refractivity contribution < 1.29 is 9.59 Å². The minimum atomic E-state index is -0.0194. The highest BCUT2D eigenvalue weighted by Gasteiger charge is 2.34. The van der Waals surface area contributed by atoms with Crippen molar-refractivity contribution in [3.05, 3.63) is 29.8 Å². The van der Waals surface area contributed by atoms with Crippen LogP contribution in [0.4, 0.5) is 10.5 Å². The number of hydrogen-bond acceptors (Lipinski definition) is 3. The van der Waals surface area contributed by atoms with Gasteiger partial charge < -0.3 is 10.6 Å². The Kier molecular flexibility index (Phi) is 3.85. The molecule has 1 aromatic carbocycles. The van der Waals surface area contributed by atoms with E-state index in [2.05, 4.69) is 0 Å². The summed E-state index contributed by atoms with van der Waals surface area (Å²) in [5, 5.41) is 0. The molecule has 1 unspecified atom stereocenters. The molecule has 0 radical (unpaired) electrons. The molecular weight excluding hydrogens is 242 g/mol. The van der Waals surface area contributed by atoms with Gasteiger partial charge in [0.05, 0.1) is 6.04 Å². The van der Waals surface area contributed by atoms with Crippen LogP contribution in [0.25, 0.3) is 0 Å². The molecule has 19 heavy (non-hydrogen) atoms. The van der Waals surface area contributed by atoms with Crippen LogP contribution in [0, 0.1) is 0 Å². The number of carbonyl (C=O) groups excluding carboxylic acids is 2. The second-order valence-corrected chi connectivity index (χ2v) is 4.84. The summed E-state index contributed by atoms with van der Waals surface area (Å²) < 4.78 is 0. The van der Waals surface area contributed by atoms with Crippen LogP contribution < -0.4 is 10.6 Å². The molecule has 1 saturated heterocycles. The number of anilines is 1. The Hall–Kier alpha value is -1.88. The molecule has 2 rings (SSSR count). The molecule has 1 aliphatic heterocycles. The lowest BCUT2D eigenvalue weighted by Crippen LogP contribution is -2.32. The number of benzene rings is 1. The standard InChI is InChI=1S/C14H19N3O2/c1-10(18)11-3-5-12(6-4-11)17-9-13(7-8-15)16(2)14(17)19/h3-6,13H,7-9,15H2,1-2H3. The molecule has 5 nitrogen and oxygen atoms in total. The lowest BCUT2D eigenvalue weighted by atomic mass is 10.1. The van der Waals surface area contributed by atoms with E-state index in [1.807, 2.05) is 12.1 Å². The van der Waals surface area contributed by atoms with Gasteiger partial charge in [-0.05, 0) is 44.2 Å². The Bertz CT molecular complexity index is 484. The van der Waals surface area contributed by atoms with Gasteiger partial charge in [0, 0.05) is 24.8 Å². The van der Waals surface area contributed by atoms with Crippen LogP contribution in [-0.2, 0) is 0 Å². The van der Waals surface area contributed by atoms with Crippen molar-refractivity contribution in [2.75, 3.05) is 25.0 Å². The van der Waals surface area contributed by atoms with Crippen LogP contribution in [0.3, 0.4) is 0 Å². The second-order valence-electron chi connectivity index (χ2n) is 4.84. The summed E-state index contributed by atoms with van der Waals surface area (Å²) in [5.74, 6) is 0.0254. The van der Waals surface area contributed by atoms with Crippen LogP contribution in [0.2, 0.25) is 0 Å². The number of nitrogens with two attached hydrogens (primary N) is 1. The fourth-order valence-corrected chi connectivity index (χ4v) is 2.33. The summed E-state index contributed by atoms with van der Waals surface area (Å²) in [7, 11) is 1.80. The van der Waals surface area contributed by atoms with Crippen LogP contribution >= 0.6 is 0 Å². The molecule has 2 amide bonds. The third-order valence-electron chi connectivity index (χ3n) is 3.56. The Morgan fingerprint density at radius 3 is 2.53 bits per heavy atom. The van der Waals surface area contributed by atoms with Gasteiger partial charge in [-0.3, -0.25) is 9.69 Å². The largest absolute Gasteiger partial charge is 0.330 e. The highest BCUT2D eigenvalue weighted by molar-refractivity contribution is 5.97. The summed E-state index contributed by atoms with van der Waals surface area (Å²) in [6, 6.07) is 7.27. The second kappa shape index (κ2) is 5.40. The molecule has 1 atom stereocenters. The number of nitrogens with zero attached hydrogens (tertiary/aromatic N) is 2. The van der Waals surface area contributed by atoms with E-state index in [9.17, 15) is 9.59 Å². The molecule has 1 aliphatic rings. The third-order valence-corrected chi connectivity index (χ3v) is 3.56. The van der Waals surface area contributed by atoms with Crippen LogP contribution in [0.1, 0.15) is 23.7 Å². The Morgan fingerprint density at radius 2 is 2.00 bits per heavy atom. The molecule has 1 heterocycles. The smallest absolute Gasteiger partial charge is 0.324 e. The molecule has 2 N–H and O–H groups in total. The first-order valence-electron chi connectivity index (χ1n) is 6.40. The predicted molar refractivity (Wildman–Crippen MR) is 74.4 cm³/mol. The quantitative estimate of drug-likeness (QED) is 0.835. The first-order chi connectivity index (χ1) is 9.04. The summed E-state index contributed by atoms with van der Waals surface area (Å²) in [4.78, 5) is 26.8. The van der Waals surface area contributed by atoms with Crippen LogP contribution in [0.15, 0.2) is 24.3 Å². The van der Waals surface area contributed by atoms with Gasteiger partial charge in [-0.25, -0.2) is 4.79 Å². The van der Waals surface area contributed by atoms with Crippen molar-refractivity contribution in [2.24, 2.45) is 5.73 Å². The summed E-state index contributed by atoms with van der Waals surface area (Å²) in [6.07, 6.45) is 0.796. The van der Waals surface area contributed by atoms with E-state index in [4.69, 9.17) is 5.73 Å². The first-order valence-corrected chi connectivity index (χ1v) is 6.40. The highest BCUT2D eigenvalue weighted by atomic mass is 16.2. The molecule has 0 aliphatic carbocycles. The van der Waals surface area contributed by atoms with Crippen LogP contribution in [-0.4, -0.2) is 42.9 Å². The van der Waals surface area contributed by atoms with E-state index >= 15 is 0 Å². The number of rotatable bonds is 4. The van der Waals surface area contributed by atoms with Crippen molar-refractivity contribution in [2.45, 2.75) is 19.4 Å². The zero-order valence-electron chi connectivity index (χ0n) is 11.3. The molecule has 0 saturated carbocycles. The van der Waals surface area contributed by atoms with Gasteiger partial charge in [-0.15, -0.1) is 0 Å². The maximum Gasteiger partial charge on any atom is 0.324 e. The van der Waals surface area contributed by atoms with Gasteiger partial charge in [-0.1, -0.05) is 0 Å². The normalized spacial score (nSPS) is 19.1. The van der Waals surface area contributed by atoms with Crippen molar-refractivity contribution in [1.29, 1.82) is 0 Å². The van der Waals surface area contributed by atoms with E-state index in [0.29, 0.717) is 18.7 Å². The van der Waals surface area contributed by atoms with E-state index in [0.717, 1.165) is 12.1 Å². The summed E-state index contributed by atoms with van der Waals surface area (Å²) in [6.45, 7) is 2.74. The van der Waals surface area contributed by atoms with E-state index in [-0.39, 0.29) is 17.9 Å².